The summed E-state index contributed by atoms with van der Waals surface area (Å²) in [7, 11) is 3.20. The first kappa shape index (κ1) is 17.1. The summed E-state index contributed by atoms with van der Waals surface area (Å²) in [6.45, 7) is 1.88. The predicted octanol–water partition coefficient (Wildman–Crippen LogP) is 4.91. The molecule has 1 aromatic heterocycles. The number of fused-ring (bicyclic) bond motifs is 1. The van der Waals surface area contributed by atoms with Crippen molar-refractivity contribution in [3.05, 3.63) is 59.3 Å². The molecule has 0 aliphatic heterocycles. The normalized spacial score (nSPS) is 11.6. The Bertz CT molecular complexity index is 955. The molecule has 0 saturated heterocycles. The maximum absolute atomic E-state index is 11.7. The average molecular weight is 356 g/mol. The highest BCUT2D eigenvalue weighted by molar-refractivity contribution is 6.30. The van der Waals surface area contributed by atoms with Crippen molar-refractivity contribution in [1.82, 2.24) is 5.32 Å². The van der Waals surface area contributed by atoms with Crippen LogP contribution in [-0.4, -0.2) is 20.1 Å². The van der Waals surface area contributed by atoms with Gasteiger partial charge in [-0.25, -0.2) is 0 Å². The molecule has 0 aliphatic rings. The van der Waals surface area contributed by atoms with Crippen molar-refractivity contribution in [3.63, 3.8) is 0 Å². The number of benzene rings is 2. The number of ether oxygens (including phenoxy) is 1. The number of halogens is 1. The summed E-state index contributed by atoms with van der Waals surface area (Å²) < 4.78 is 11.2. The second-order valence-electron chi connectivity index (χ2n) is 5.65. The van der Waals surface area contributed by atoms with E-state index in [2.05, 4.69) is 5.32 Å². The minimum Gasteiger partial charge on any atom is -0.496 e. The van der Waals surface area contributed by atoms with Crippen LogP contribution in [0.15, 0.2) is 53.2 Å². The van der Waals surface area contributed by atoms with Gasteiger partial charge in [0.05, 0.1) is 13.4 Å². The van der Waals surface area contributed by atoms with Crippen molar-refractivity contribution in [2.75, 3.05) is 14.2 Å². The lowest BCUT2D eigenvalue weighted by Crippen LogP contribution is -2.14. The number of carbonyl (C=O) groups excluding carboxylic acids is 1. The summed E-state index contributed by atoms with van der Waals surface area (Å²) in [6.07, 6.45) is 3.26. The molecule has 128 valence electrons. The largest absolute Gasteiger partial charge is 0.496 e. The second-order valence-corrected chi connectivity index (χ2v) is 6.08. The Balaban J connectivity index is 2.17. The Hall–Kier alpha value is -2.72. The second kappa shape index (κ2) is 7.03. The molecule has 25 heavy (non-hydrogen) atoms. The summed E-state index contributed by atoms with van der Waals surface area (Å²) in [5.74, 6) is 0.493. The van der Waals surface area contributed by atoms with E-state index in [1.54, 1.807) is 26.5 Å². The third-order valence-electron chi connectivity index (χ3n) is 4.07. The maximum Gasteiger partial charge on any atom is 0.244 e. The molecular formula is C20H18ClNO3. The Morgan fingerprint density at radius 2 is 1.96 bits per heavy atom. The number of methoxy groups -OCH3 is 1. The lowest BCUT2D eigenvalue weighted by atomic mass is 9.99. The Morgan fingerprint density at radius 3 is 2.60 bits per heavy atom. The molecule has 0 fully saturated rings. The van der Waals surface area contributed by atoms with Crippen molar-refractivity contribution in [2.24, 2.45) is 0 Å². The van der Waals surface area contributed by atoms with Gasteiger partial charge in [-0.1, -0.05) is 23.7 Å². The van der Waals surface area contributed by atoms with Crippen LogP contribution in [0.2, 0.25) is 5.02 Å². The zero-order valence-corrected chi connectivity index (χ0v) is 15.0. The maximum atomic E-state index is 11.7. The molecule has 1 heterocycles. The summed E-state index contributed by atoms with van der Waals surface area (Å²) in [4.78, 5) is 11.7. The number of carbonyl (C=O) groups is 1. The van der Waals surface area contributed by atoms with E-state index >= 15 is 0 Å². The van der Waals surface area contributed by atoms with Gasteiger partial charge in [-0.05, 0) is 36.3 Å². The van der Waals surface area contributed by atoms with Gasteiger partial charge < -0.3 is 14.5 Å². The Morgan fingerprint density at radius 1 is 1.24 bits per heavy atom. The minimum absolute atomic E-state index is 0.162. The number of furan rings is 1. The van der Waals surface area contributed by atoms with Crippen molar-refractivity contribution in [1.29, 1.82) is 0 Å². The first-order valence-electron chi connectivity index (χ1n) is 7.79. The summed E-state index contributed by atoms with van der Waals surface area (Å²) >= 11 is 5.97. The zero-order valence-electron chi connectivity index (χ0n) is 14.2. The molecule has 3 aromatic rings. The molecule has 1 N–H and O–H groups in total. The fourth-order valence-corrected chi connectivity index (χ4v) is 2.86. The highest BCUT2D eigenvalue weighted by Crippen LogP contribution is 2.37. The standard InChI is InChI=1S/C20H18ClNO3/c1-12(8-20(23)22-2)15-9-16-17(13-4-6-14(21)7-5-13)11-25-19(16)10-18(15)24-3/h4-11H,1-3H3,(H,22,23)/b12-8+. The fourth-order valence-electron chi connectivity index (χ4n) is 2.73. The molecule has 2 aromatic carbocycles. The van der Waals surface area contributed by atoms with Crippen molar-refractivity contribution in [2.45, 2.75) is 6.92 Å². The van der Waals surface area contributed by atoms with Gasteiger partial charge in [-0.15, -0.1) is 0 Å². The third-order valence-corrected chi connectivity index (χ3v) is 4.32. The van der Waals surface area contributed by atoms with Crippen LogP contribution in [0.25, 0.3) is 27.7 Å². The highest BCUT2D eigenvalue weighted by atomic mass is 35.5. The molecule has 0 bridgehead atoms. The zero-order chi connectivity index (χ0) is 18.0. The number of hydrogen-bond donors (Lipinski definition) is 1. The molecule has 4 nitrogen and oxygen atoms in total. The van der Waals surface area contributed by atoms with E-state index in [9.17, 15) is 4.79 Å². The van der Waals surface area contributed by atoms with E-state index in [4.69, 9.17) is 20.8 Å². The molecule has 0 radical (unpaired) electrons. The van der Waals surface area contributed by atoms with Crippen LogP contribution in [-0.2, 0) is 4.79 Å². The number of likely N-dealkylation sites (N-methyl/N-ethyl adjacent to an activating group) is 1. The van der Waals surface area contributed by atoms with Crippen molar-refractivity contribution in [3.8, 4) is 16.9 Å². The molecule has 5 heteroatoms. The first-order chi connectivity index (χ1) is 12.0. The van der Waals surface area contributed by atoms with E-state index in [1.165, 1.54) is 0 Å². The van der Waals surface area contributed by atoms with Crippen LogP contribution in [0.4, 0.5) is 0 Å². The summed E-state index contributed by atoms with van der Waals surface area (Å²) in [5.41, 5.74) is 4.34. The van der Waals surface area contributed by atoms with Crippen LogP contribution in [0.3, 0.4) is 0 Å². The first-order valence-corrected chi connectivity index (χ1v) is 8.17. The van der Waals surface area contributed by atoms with Gasteiger partial charge >= 0.3 is 0 Å². The van der Waals surface area contributed by atoms with Crippen LogP contribution in [0, 0.1) is 0 Å². The van der Waals surface area contributed by atoms with Crippen LogP contribution in [0.5, 0.6) is 5.75 Å². The summed E-state index contributed by atoms with van der Waals surface area (Å²) in [5, 5.41) is 4.22. The van der Waals surface area contributed by atoms with Crippen LogP contribution in [0.1, 0.15) is 12.5 Å². The molecule has 3 rings (SSSR count). The van der Waals surface area contributed by atoms with Gasteiger partial charge in [0, 0.05) is 40.7 Å². The SMILES string of the molecule is CNC(=O)/C=C(\C)c1cc2c(-c3ccc(Cl)cc3)coc2cc1OC. The molecule has 0 aliphatic carbocycles. The van der Waals surface area contributed by atoms with E-state index in [1.807, 2.05) is 43.3 Å². The van der Waals surface area contributed by atoms with Gasteiger partial charge in [0.2, 0.25) is 5.91 Å². The number of rotatable bonds is 4. The number of amides is 1. The molecule has 0 unspecified atom stereocenters. The molecular weight excluding hydrogens is 338 g/mol. The lowest BCUT2D eigenvalue weighted by Gasteiger charge is -2.10. The number of nitrogens with one attached hydrogen (secondary N) is 1. The molecule has 0 atom stereocenters. The van der Waals surface area contributed by atoms with Crippen molar-refractivity contribution >= 4 is 34.1 Å². The topological polar surface area (TPSA) is 51.5 Å². The van der Waals surface area contributed by atoms with Crippen LogP contribution >= 0.6 is 11.6 Å². The van der Waals surface area contributed by atoms with E-state index < -0.39 is 0 Å². The van der Waals surface area contributed by atoms with E-state index in [0.29, 0.717) is 10.8 Å². The van der Waals surface area contributed by atoms with E-state index in [0.717, 1.165) is 33.2 Å². The third kappa shape index (κ3) is 3.39. The Labute approximate surface area is 151 Å². The van der Waals surface area contributed by atoms with Crippen LogP contribution < -0.4 is 10.1 Å². The molecule has 1 amide bonds. The smallest absolute Gasteiger partial charge is 0.244 e. The quantitative estimate of drug-likeness (QED) is 0.676. The molecule has 0 spiro atoms. The minimum atomic E-state index is -0.162. The lowest BCUT2D eigenvalue weighted by molar-refractivity contribution is -0.116. The molecule has 0 saturated carbocycles. The highest BCUT2D eigenvalue weighted by Gasteiger charge is 2.14. The number of allylic oxidation sites excluding steroid dienone is 1. The predicted molar refractivity (Wildman–Crippen MR) is 101 cm³/mol. The van der Waals surface area contributed by atoms with Gasteiger partial charge in [-0.3, -0.25) is 4.79 Å². The van der Waals surface area contributed by atoms with Gasteiger partial charge in [-0.2, -0.15) is 0 Å². The van der Waals surface area contributed by atoms with E-state index in [-0.39, 0.29) is 5.91 Å². The Kier molecular flexibility index (Phi) is 4.81. The van der Waals surface area contributed by atoms with Gasteiger partial charge in [0.1, 0.15) is 11.3 Å². The van der Waals surface area contributed by atoms with Gasteiger partial charge in [0.25, 0.3) is 0 Å². The summed E-state index contributed by atoms with van der Waals surface area (Å²) in [6, 6.07) is 11.4. The van der Waals surface area contributed by atoms with Gasteiger partial charge in [0.15, 0.2) is 0 Å². The fraction of sp³-hybridized carbons (Fsp3) is 0.150. The monoisotopic (exact) mass is 355 g/mol. The number of hydrogen-bond acceptors (Lipinski definition) is 3. The average Bonchev–Trinajstić information content (AvgIpc) is 3.03. The van der Waals surface area contributed by atoms with Crippen molar-refractivity contribution < 1.29 is 13.9 Å².